The first-order chi connectivity index (χ1) is 11.3. The van der Waals surface area contributed by atoms with Crippen LogP contribution in [-0.4, -0.2) is 12.5 Å². The van der Waals surface area contributed by atoms with Crippen LogP contribution >= 0.6 is 23.2 Å². The van der Waals surface area contributed by atoms with Gasteiger partial charge < -0.3 is 10.6 Å². The Labute approximate surface area is 149 Å². The third-order valence-corrected chi connectivity index (χ3v) is 4.48. The van der Waals surface area contributed by atoms with E-state index >= 15 is 0 Å². The molecule has 0 unspecified atom stereocenters. The van der Waals surface area contributed by atoms with E-state index in [1.165, 1.54) is 6.07 Å². The van der Waals surface area contributed by atoms with Crippen LogP contribution in [0.15, 0.2) is 30.3 Å². The van der Waals surface area contributed by atoms with Crippen molar-refractivity contribution in [2.45, 2.75) is 19.9 Å². The SMILES string of the molecule is Cc1ccc(Cl)c(NC(=O)C[NH2+][C@H](C)c2ccc(F)c(F)c2)c1Cl. The maximum Gasteiger partial charge on any atom is 0.279 e. The van der Waals surface area contributed by atoms with Crippen LogP contribution in [0.25, 0.3) is 0 Å². The number of rotatable bonds is 5. The third-order valence-electron chi connectivity index (χ3n) is 3.67. The van der Waals surface area contributed by atoms with E-state index in [0.717, 1.165) is 17.7 Å². The summed E-state index contributed by atoms with van der Waals surface area (Å²) in [5.74, 6) is -2.10. The summed E-state index contributed by atoms with van der Waals surface area (Å²) in [4.78, 5) is 12.1. The quantitative estimate of drug-likeness (QED) is 0.821. The molecule has 2 rings (SSSR count). The lowest BCUT2D eigenvalue weighted by Gasteiger charge is -2.13. The summed E-state index contributed by atoms with van der Waals surface area (Å²) in [6.45, 7) is 3.69. The van der Waals surface area contributed by atoms with Crippen LogP contribution in [0, 0.1) is 18.6 Å². The maximum absolute atomic E-state index is 13.3. The van der Waals surface area contributed by atoms with Gasteiger partial charge in [0.2, 0.25) is 0 Å². The number of carbonyl (C=O) groups excluding carboxylic acids is 1. The molecule has 128 valence electrons. The predicted molar refractivity (Wildman–Crippen MR) is 91.4 cm³/mol. The Bertz CT molecular complexity index is 768. The van der Waals surface area contributed by atoms with Crippen LogP contribution in [0.5, 0.6) is 0 Å². The lowest BCUT2D eigenvalue weighted by Crippen LogP contribution is -2.86. The van der Waals surface area contributed by atoms with Crippen molar-refractivity contribution in [2.75, 3.05) is 11.9 Å². The molecule has 3 N–H and O–H groups in total. The number of nitrogens with one attached hydrogen (secondary N) is 1. The molecule has 0 aromatic heterocycles. The van der Waals surface area contributed by atoms with E-state index in [2.05, 4.69) is 5.32 Å². The number of carbonyl (C=O) groups is 1. The van der Waals surface area contributed by atoms with Crippen LogP contribution in [-0.2, 0) is 4.79 Å². The van der Waals surface area contributed by atoms with Crippen molar-refractivity contribution < 1.29 is 18.9 Å². The smallest absolute Gasteiger partial charge is 0.279 e. The molecule has 0 heterocycles. The summed E-state index contributed by atoms with van der Waals surface area (Å²) in [5.41, 5.74) is 1.76. The Morgan fingerprint density at radius 1 is 1.21 bits per heavy atom. The molecule has 0 fully saturated rings. The second-order valence-electron chi connectivity index (χ2n) is 5.50. The molecule has 2 aromatic carbocycles. The number of nitrogens with two attached hydrogens (primary N) is 1. The van der Waals surface area contributed by atoms with E-state index in [0.29, 0.717) is 21.3 Å². The summed E-state index contributed by atoms with van der Waals surface area (Å²) < 4.78 is 26.2. The molecule has 7 heteroatoms. The minimum atomic E-state index is -0.907. The van der Waals surface area contributed by atoms with Gasteiger partial charge in [-0.15, -0.1) is 0 Å². The Morgan fingerprint density at radius 2 is 1.92 bits per heavy atom. The van der Waals surface area contributed by atoms with Crippen LogP contribution < -0.4 is 10.6 Å². The fourth-order valence-electron chi connectivity index (χ4n) is 2.18. The second kappa shape index (κ2) is 7.92. The topological polar surface area (TPSA) is 45.7 Å². The molecular weight excluding hydrogens is 357 g/mol. The number of amides is 1. The summed E-state index contributed by atoms with van der Waals surface area (Å²) in [6.07, 6.45) is 0. The zero-order valence-electron chi connectivity index (χ0n) is 13.2. The Hall–Kier alpha value is -1.69. The zero-order valence-corrected chi connectivity index (χ0v) is 14.7. The van der Waals surface area contributed by atoms with Gasteiger partial charge in [-0.1, -0.05) is 29.3 Å². The monoisotopic (exact) mass is 373 g/mol. The predicted octanol–water partition coefficient (Wildman–Crippen LogP) is 3.84. The molecule has 1 atom stereocenters. The van der Waals surface area contributed by atoms with Crippen LogP contribution in [0.1, 0.15) is 24.1 Å². The lowest BCUT2D eigenvalue weighted by atomic mass is 10.1. The van der Waals surface area contributed by atoms with E-state index in [1.807, 2.05) is 6.92 Å². The minimum absolute atomic E-state index is 0.0841. The largest absolute Gasteiger partial charge is 0.333 e. The van der Waals surface area contributed by atoms with Gasteiger partial charge in [0.25, 0.3) is 5.91 Å². The van der Waals surface area contributed by atoms with E-state index in [1.54, 1.807) is 24.4 Å². The molecule has 3 nitrogen and oxygen atoms in total. The highest BCUT2D eigenvalue weighted by atomic mass is 35.5. The van der Waals surface area contributed by atoms with Gasteiger partial charge in [-0.3, -0.25) is 4.79 Å². The van der Waals surface area contributed by atoms with Crippen molar-refractivity contribution in [3.63, 3.8) is 0 Å². The first kappa shape index (κ1) is 18.6. The molecule has 0 aliphatic rings. The molecule has 0 bridgehead atoms. The van der Waals surface area contributed by atoms with E-state index in [4.69, 9.17) is 23.2 Å². The summed E-state index contributed by atoms with van der Waals surface area (Å²) in [6, 6.07) is 6.90. The standard InChI is InChI=1S/C17H16Cl2F2N2O/c1-9-3-5-12(18)17(16(9)19)23-15(24)8-22-10(2)11-4-6-13(20)14(21)7-11/h3-7,10,22H,8H2,1-2H3,(H,23,24)/p+1/t10-/m1/s1. The normalized spacial score (nSPS) is 12.1. The molecule has 2 aromatic rings. The number of hydrogen-bond donors (Lipinski definition) is 2. The number of benzene rings is 2. The summed E-state index contributed by atoms with van der Waals surface area (Å²) in [7, 11) is 0. The van der Waals surface area contributed by atoms with Gasteiger partial charge in [0.05, 0.1) is 15.7 Å². The molecule has 0 spiro atoms. The Morgan fingerprint density at radius 3 is 2.58 bits per heavy atom. The van der Waals surface area contributed by atoms with Crippen molar-refractivity contribution in [1.29, 1.82) is 0 Å². The molecule has 0 radical (unpaired) electrons. The molecule has 24 heavy (non-hydrogen) atoms. The highest BCUT2D eigenvalue weighted by Gasteiger charge is 2.16. The number of quaternary nitrogens is 1. The Balaban J connectivity index is 1.98. The number of hydrogen-bond acceptors (Lipinski definition) is 1. The van der Waals surface area contributed by atoms with Crippen molar-refractivity contribution in [2.24, 2.45) is 0 Å². The molecule has 1 amide bonds. The van der Waals surface area contributed by atoms with Crippen molar-refractivity contribution >= 4 is 34.8 Å². The van der Waals surface area contributed by atoms with Crippen LogP contribution in [0.4, 0.5) is 14.5 Å². The van der Waals surface area contributed by atoms with Gasteiger partial charge in [-0.05, 0) is 43.7 Å². The molecule has 0 aliphatic carbocycles. The summed E-state index contributed by atoms with van der Waals surface area (Å²) in [5, 5.41) is 5.13. The highest BCUT2D eigenvalue weighted by Crippen LogP contribution is 2.32. The first-order valence-electron chi connectivity index (χ1n) is 7.32. The summed E-state index contributed by atoms with van der Waals surface area (Å²) >= 11 is 12.2. The van der Waals surface area contributed by atoms with Crippen LogP contribution in [0.2, 0.25) is 10.0 Å². The van der Waals surface area contributed by atoms with Crippen molar-refractivity contribution in [3.05, 3.63) is 63.1 Å². The van der Waals surface area contributed by atoms with Crippen LogP contribution in [0.3, 0.4) is 0 Å². The minimum Gasteiger partial charge on any atom is -0.333 e. The van der Waals surface area contributed by atoms with E-state index < -0.39 is 11.6 Å². The second-order valence-corrected chi connectivity index (χ2v) is 6.29. The van der Waals surface area contributed by atoms with Crippen molar-refractivity contribution in [3.8, 4) is 0 Å². The van der Waals surface area contributed by atoms with Gasteiger partial charge in [-0.2, -0.15) is 0 Å². The fourth-order valence-corrected chi connectivity index (χ4v) is 2.64. The zero-order chi connectivity index (χ0) is 17.9. The molecule has 0 aliphatic heterocycles. The highest BCUT2D eigenvalue weighted by molar-refractivity contribution is 6.40. The van der Waals surface area contributed by atoms with E-state index in [-0.39, 0.29) is 18.5 Å². The number of aryl methyl sites for hydroxylation is 1. The average molecular weight is 374 g/mol. The van der Waals surface area contributed by atoms with Gasteiger partial charge in [0, 0.05) is 5.56 Å². The Kier molecular flexibility index (Phi) is 6.15. The van der Waals surface area contributed by atoms with Gasteiger partial charge in [-0.25, -0.2) is 8.78 Å². The van der Waals surface area contributed by atoms with E-state index in [9.17, 15) is 13.6 Å². The maximum atomic E-state index is 13.3. The first-order valence-corrected chi connectivity index (χ1v) is 8.08. The lowest BCUT2D eigenvalue weighted by molar-refractivity contribution is -0.682. The fraction of sp³-hybridized carbons (Fsp3) is 0.235. The molecular formula is C17H17Cl2F2N2O+. The molecule has 0 saturated heterocycles. The van der Waals surface area contributed by atoms with Gasteiger partial charge in [0.15, 0.2) is 18.2 Å². The van der Waals surface area contributed by atoms with Gasteiger partial charge in [0.1, 0.15) is 6.04 Å². The third kappa shape index (κ3) is 4.44. The average Bonchev–Trinajstić information content (AvgIpc) is 2.55. The number of halogens is 4. The van der Waals surface area contributed by atoms with Crippen molar-refractivity contribution in [1.82, 2.24) is 0 Å². The number of anilines is 1. The van der Waals surface area contributed by atoms with Gasteiger partial charge >= 0.3 is 0 Å². The molecule has 0 saturated carbocycles.